The van der Waals surface area contributed by atoms with Crippen molar-refractivity contribution in [2.75, 3.05) is 13.1 Å². The van der Waals surface area contributed by atoms with Crippen molar-refractivity contribution in [3.05, 3.63) is 41.5 Å². The van der Waals surface area contributed by atoms with Crippen molar-refractivity contribution in [1.82, 2.24) is 16.0 Å². The summed E-state index contributed by atoms with van der Waals surface area (Å²) in [5.74, 6) is 0.984. The molecule has 1 aromatic rings. The zero-order valence-electron chi connectivity index (χ0n) is 19.0. The van der Waals surface area contributed by atoms with Crippen molar-refractivity contribution in [2.24, 2.45) is 22.6 Å². The Balaban J connectivity index is 1.27. The molecule has 1 saturated heterocycles. The third kappa shape index (κ3) is 6.21. The number of fused-ring (bicyclic) bond motifs is 1. The lowest BCUT2D eigenvalue weighted by atomic mass is 9.79. The number of nitrogens with two attached hydrogens (primary N) is 1. The molecular weight excluding hydrogens is 418 g/mol. The van der Waals surface area contributed by atoms with Crippen molar-refractivity contribution in [2.45, 2.75) is 63.2 Å². The number of carboxylic acid groups (broad SMARTS) is 1. The summed E-state index contributed by atoms with van der Waals surface area (Å²) in [6, 6.07) is 6.37. The Kier molecular flexibility index (Phi) is 7.77. The summed E-state index contributed by atoms with van der Waals surface area (Å²) in [7, 11) is 0. The van der Waals surface area contributed by atoms with Crippen LogP contribution in [0.25, 0.3) is 6.08 Å². The molecule has 0 radical (unpaired) electrons. The molecule has 1 amide bonds. The molecule has 3 unspecified atom stereocenters. The highest BCUT2D eigenvalue weighted by atomic mass is 16.4. The largest absolute Gasteiger partial charge is 0.480 e. The lowest BCUT2D eigenvalue weighted by Gasteiger charge is -2.36. The van der Waals surface area contributed by atoms with Crippen LogP contribution >= 0.6 is 0 Å². The second-order valence-corrected chi connectivity index (χ2v) is 9.48. The van der Waals surface area contributed by atoms with Gasteiger partial charge in [0.1, 0.15) is 18.0 Å². The minimum Gasteiger partial charge on any atom is -0.480 e. The number of carbonyl (C=O) groups excluding carboxylic acids is 1. The molecule has 0 aromatic heterocycles. The van der Waals surface area contributed by atoms with E-state index < -0.39 is 12.0 Å². The summed E-state index contributed by atoms with van der Waals surface area (Å²) in [6.45, 7) is 0.953. The zero-order valence-corrected chi connectivity index (χ0v) is 19.0. The molecule has 1 aromatic carbocycles. The van der Waals surface area contributed by atoms with Gasteiger partial charge in [0.2, 0.25) is 0 Å². The molecule has 1 aliphatic carbocycles. The average molecular weight is 454 g/mol. The van der Waals surface area contributed by atoms with E-state index in [9.17, 15) is 9.59 Å². The van der Waals surface area contributed by atoms with E-state index in [2.05, 4.69) is 16.0 Å². The molecule has 4 rings (SSSR count). The fourth-order valence-electron chi connectivity index (χ4n) is 5.15. The lowest BCUT2D eigenvalue weighted by Crippen LogP contribution is -2.51. The molecule has 3 aliphatic rings. The number of hydrogen-bond donors (Lipinski definition) is 5. The van der Waals surface area contributed by atoms with E-state index in [1.807, 2.05) is 24.3 Å². The predicted molar refractivity (Wildman–Crippen MR) is 129 cm³/mol. The van der Waals surface area contributed by atoms with Crippen LogP contribution in [0.2, 0.25) is 0 Å². The Morgan fingerprint density at radius 2 is 1.85 bits per heavy atom. The van der Waals surface area contributed by atoms with E-state index in [1.54, 1.807) is 12.1 Å². The molecule has 0 spiro atoms. The number of carbonyl (C=O) groups is 2. The summed E-state index contributed by atoms with van der Waals surface area (Å²) in [4.78, 5) is 27.7. The number of hydrogen-bond acceptors (Lipinski definition) is 6. The van der Waals surface area contributed by atoms with Crippen LogP contribution in [-0.2, 0) is 4.79 Å². The second kappa shape index (κ2) is 10.9. The third-order valence-corrected chi connectivity index (χ3v) is 7.11. The molecule has 8 nitrogen and oxygen atoms in total. The zero-order chi connectivity index (χ0) is 23.2. The molecular formula is C25H35N5O3. The lowest BCUT2D eigenvalue weighted by molar-refractivity contribution is -0.138. The van der Waals surface area contributed by atoms with Gasteiger partial charge in [-0.2, -0.15) is 0 Å². The van der Waals surface area contributed by atoms with E-state index >= 15 is 0 Å². The van der Waals surface area contributed by atoms with Crippen molar-refractivity contribution in [3.8, 4) is 0 Å². The number of nitrogens with zero attached hydrogens (tertiary/aromatic N) is 1. The summed E-state index contributed by atoms with van der Waals surface area (Å²) in [5, 5.41) is 18.6. The van der Waals surface area contributed by atoms with Crippen molar-refractivity contribution in [1.29, 1.82) is 0 Å². The molecule has 0 bridgehead atoms. The van der Waals surface area contributed by atoms with Crippen LogP contribution in [0.4, 0.5) is 0 Å². The molecule has 1 saturated carbocycles. The first-order valence-corrected chi connectivity index (χ1v) is 12.1. The minimum atomic E-state index is -1.14. The van der Waals surface area contributed by atoms with Crippen LogP contribution in [0.3, 0.4) is 0 Å². The number of piperidine rings is 1. The summed E-state index contributed by atoms with van der Waals surface area (Å²) in [5.41, 5.74) is 6.83. The number of rotatable bonds is 7. The van der Waals surface area contributed by atoms with Crippen molar-refractivity contribution < 1.29 is 14.7 Å². The molecule has 2 aliphatic heterocycles. The van der Waals surface area contributed by atoms with Crippen LogP contribution in [0.1, 0.15) is 60.9 Å². The highest BCUT2D eigenvalue weighted by Crippen LogP contribution is 2.34. The molecule has 6 N–H and O–H groups in total. The Hall–Kier alpha value is -2.71. The van der Waals surface area contributed by atoms with Gasteiger partial charge in [0.15, 0.2) is 0 Å². The minimum absolute atomic E-state index is 0.112. The monoisotopic (exact) mass is 453 g/mol. The summed E-state index contributed by atoms with van der Waals surface area (Å²) < 4.78 is 0. The Labute approximate surface area is 195 Å². The molecule has 4 atom stereocenters. The Morgan fingerprint density at radius 3 is 2.55 bits per heavy atom. The van der Waals surface area contributed by atoms with E-state index in [4.69, 9.17) is 15.8 Å². The van der Waals surface area contributed by atoms with Crippen LogP contribution in [0, 0.1) is 11.8 Å². The SMILES string of the molecule is N[C@@H](CNC(=O)c1ccc(/C=C/C2=NC3NCC(C4CCCCCC4)CC3N2)cc1)C(=O)O. The average Bonchev–Trinajstić information content (AvgIpc) is 3.03. The molecule has 178 valence electrons. The topological polar surface area (TPSA) is 129 Å². The highest BCUT2D eigenvalue weighted by molar-refractivity contribution is 5.98. The van der Waals surface area contributed by atoms with Gasteiger partial charge in [-0.05, 0) is 42.0 Å². The van der Waals surface area contributed by atoms with E-state index in [0.29, 0.717) is 11.6 Å². The number of amidine groups is 1. The molecule has 2 fully saturated rings. The smallest absolute Gasteiger partial charge is 0.322 e. The van der Waals surface area contributed by atoms with E-state index in [0.717, 1.165) is 29.8 Å². The first-order chi connectivity index (χ1) is 16.0. The first-order valence-electron chi connectivity index (χ1n) is 12.1. The van der Waals surface area contributed by atoms with Crippen LogP contribution < -0.4 is 21.7 Å². The van der Waals surface area contributed by atoms with Crippen LogP contribution in [0.5, 0.6) is 0 Å². The predicted octanol–water partition coefficient (Wildman–Crippen LogP) is 2.12. The van der Waals surface area contributed by atoms with Gasteiger partial charge in [-0.1, -0.05) is 56.7 Å². The van der Waals surface area contributed by atoms with E-state index in [-0.39, 0.29) is 18.6 Å². The quantitative estimate of drug-likeness (QED) is 0.402. The Morgan fingerprint density at radius 1 is 1.12 bits per heavy atom. The molecule has 2 heterocycles. The number of amides is 1. The van der Waals surface area contributed by atoms with Gasteiger partial charge in [0.25, 0.3) is 5.91 Å². The molecule has 33 heavy (non-hydrogen) atoms. The normalized spacial score (nSPS) is 26.7. The number of benzene rings is 1. The van der Waals surface area contributed by atoms with Gasteiger partial charge in [-0.25, -0.2) is 4.99 Å². The van der Waals surface area contributed by atoms with Crippen molar-refractivity contribution >= 4 is 23.8 Å². The summed E-state index contributed by atoms with van der Waals surface area (Å²) >= 11 is 0. The number of aliphatic imine (C=N–C) groups is 1. The number of carboxylic acids is 1. The fourth-order valence-corrected chi connectivity index (χ4v) is 5.15. The van der Waals surface area contributed by atoms with Crippen molar-refractivity contribution in [3.63, 3.8) is 0 Å². The number of nitrogens with one attached hydrogen (secondary N) is 3. The van der Waals surface area contributed by atoms with Crippen LogP contribution in [-0.4, -0.2) is 54.2 Å². The maximum atomic E-state index is 12.1. The summed E-state index contributed by atoms with van der Waals surface area (Å²) in [6.07, 6.45) is 13.6. The van der Waals surface area contributed by atoms with E-state index in [1.165, 1.54) is 44.9 Å². The maximum Gasteiger partial charge on any atom is 0.322 e. The van der Waals surface area contributed by atoms with Crippen LogP contribution in [0.15, 0.2) is 35.3 Å². The highest BCUT2D eigenvalue weighted by Gasteiger charge is 2.37. The Bertz CT molecular complexity index is 890. The van der Waals surface area contributed by atoms with Gasteiger partial charge >= 0.3 is 5.97 Å². The van der Waals surface area contributed by atoms with Gasteiger partial charge < -0.3 is 21.5 Å². The maximum absolute atomic E-state index is 12.1. The van der Waals surface area contributed by atoms with Gasteiger partial charge in [0, 0.05) is 18.7 Å². The fraction of sp³-hybridized carbons (Fsp3) is 0.560. The molecule has 8 heteroatoms. The standard InChI is InChI=1S/C25H35N5O3/c26-20(25(32)33)15-28-24(31)18-10-7-16(8-11-18)9-12-22-29-21-13-19(14-27-23(21)30-22)17-5-3-1-2-4-6-17/h7-12,17,19-21,23,27H,1-6,13-15,26H2,(H,28,31)(H,29,30)(H,32,33)/b12-9+/t19?,20-,21?,23?/m0/s1. The first kappa shape index (κ1) is 23.4. The van der Waals surface area contributed by atoms with Gasteiger partial charge in [0.05, 0.1) is 6.04 Å². The second-order valence-electron chi connectivity index (χ2n) is 9.48. The van der Waals surface area contributed by atoms with Gasteiger partial charge in [-0.15, -0.1) is 0 Å². The third-order valence-electron chi connectivity index (χ3n) is 7.11. The number of aliphatic carboxylic acids is 1. The van der Waals surface area contributed by atoms with Gasteiger partial charge in [-0.3, -0.25) is 14.9 Å².